The van der Waals surface area contributed by atoms with Gasteiger partial charge in [-0.1, -0.05) is 26.2 Å². The second-order valence-corrected chi connectivity index (χ2v) is 6.26. The van der Waals surface area contributed by atoms with Crippen molar-refractivity contribution in [3.8, 4) is 0 Å². The molecule has 2 aromatic rings. The van der Waals surface area contributed by atoms with Gasteiger partial charge in [0.2, 0.25) is 0 Å². The van der Waals surface area contributed by atoms with Crippen LogP contribution < -0.4 is 4.90 Å². The molecule has 0 fully saturated rings. The number of rotatable bonds is 11. The number of nitrogens with zero attached hydrogens (tertiary/aromatic N) is 4. The van der Waals surface area contributed by atoms with Crippen molar-refractivity contribution in [2.24, 2.45) is 10.2 Å². The van der Waals surface area contributed by atoms with Crippen LogP contribution in [-0.2, 0) is 0 Å². The summed E-state index contributed by atoms with van der Waals surface area (Å²) >= 11 is 0. The number of nitro benzene ring substituents is 1. The van der Waals surface area contributed by atoms with Gasteiger partial charge in [-0.05, 0) is 42.8 Å². The minimum Gasteiger partial charge on any atom is -0.395 e. The Hall–Kier alpha value is -2.80. The van der Waals surface area contributed by atoms with Crippen LogP contribution in [0.5, 0.6) is 0 Å². The van der Waals surface area contributed by atoms with Gasteiger partial charge >= 0.3 is 0 Å². The minimum atomic E-state index is -0.444. The molecule has 0 saturated carbocycles. The molecular formula is C20H26N4O3. The van der Waals surface area contributed by atoms with Crippen LogP contribution in [0.4, 0.5) is 22.7 Å². The van der Waals surface area contributed by atoms with E-state index in [0.29, 0.717) is 17.9 Å². The molecule has 1 N–H and O–H groups in total. The van der Waals surface area contributed by atoms with Gasteiger partial charge in [-0.15, -0.1) is 0 Å². The third kappa shape index (κ3) is 6.79. The molecule has 2 rings (SSSR count). The van der Waals surface area contributed by atoms with Gasteiger partial charge < -0.3 is 10.0 Å². The second kappa shape index (κ2) is 11.0. The van der Waals surface area contributed by atoms with E-state index in [1.807, 2.05) is 24.3 Å². The molecule has 0 atom stereocenters. The third-order valence-corrected chi connectivity index (χ3v) is 4.21. The van der Waals surface area contributed by atoms with Crippen molar-refractivity contribution < 1.29 is 10.0 Å². The summed E-state index contributed by atoms with van der Waals surface area (Å²) in [5.74, 6) is 0. The van der Waals surface area contributed by atoms with Crippen LogP contribution in [-0.4, -0.2) is 29.7 Å². The first kappa shape index (κ1) is 20.5. The Morgan fingerprint density at radius 1 is 0.926 bits per heavy atom. The largest absolute Gasteiger partial charge is 0.395 e. The van der Waals surface area contributed by atoms with Gasteiger partial charge in [0.15, 0.2) is 0 Å². The predicted octanol–water partition coefficient (Wildman–Crippen LogP) is 5.39. The number of unbranched alkanes of at least 4 members (excludes halogenated alkanes) is 3. The molecule has 7 heteroatoms. The molecule has 0 aliphatic heterocycles. The number of aliphatic hydroxyl groups excluding tert-OH is 1. The number of benzene rings is 2. The maximum absolute atomic E-state index is 10.7. The second-order valence-electron chi connectivity index (χ2n) is 6.26. The normalized spacial score (nSPS) is 11.0. The van der Waals surface area contributed by atoms with E-state index in [0.717, 1.165) is 18.7 Å². The van der Waals surface area contributed by atoms with Crippen molar-refractivity contribution in [3.05, 3.63) is 58.6 Å². The van der Waals surface area contributed by atoms with Crippen molar-refractivity contribution in [3.63, 3.8) is 0 Å². The molecule has 0 spiro atoms. The molecule has 2 aromatic carbocycles. The zero-order valence-corrected chi connectivity index (χ0v) is 15.6. The molecule has 0 aliphatic carbocycles. The van der Waals surface area contributed by atoms with Crippen LogP contribution in [0, 0.1) is 10.1 Å². The highest BCUT2D eigenvalue weighted by molar-refractivity contribution is 5.53. The molecule has 0 bridgehead atoms. The van der Waals surface area contributed by atoms with E-state index in [-0.39, 0.29) is 12.3 Å². The maximum Gasteiger partial charge on any atom is 0.269 e. The van der Waals surface area contributed by atoms with Crippen LogP contribution in [0.2, 0.25) is 0 Å². The summed E-state index contributed by atoms with van der Waals surface area (Å²) in [6.45, 7) is 3.84. The SMILES string of the molecule is CCCCCCN(CCO)c1ccc(N=Nc2ccc([N+](=O)[O-])cc2)cc1. The Bertz CT molecular complexity index is 730. The number of hydrogen-bond acceptors (Lipinski definition) is 6. The van der Waals surface area contributed by atoms with Crippen molar-refractivity contribution in [1.29, 1.82) is 0 Å². The molecule has 0 unspecified atom stereocenters. The number of nitro groups is 1. The summed E-state index contributed by atoms with van der Waals surface area (Å²) in [5.41, 5.74) is 2.34. The van der Waals surface area contributed by atoms with Gasteiger partial charge in [0, 0.05) is 30.9 Å². The number of hydrogen-bond donors (Lipinski definition) is 1. The van der Waals surface area contributed by atoms with E-state index in [1.165, 1.54) is 31.4 Å². The lowest BCUT2D eigenvalue weighted by molar-refractivity contribution is -0.384. The van der Waals surface area contributed by atoms with Gasteiger partial charge in [-0.2, -0.15) is 10.2 Å². The van der Waals surface area contributed by atoms with Crippen molar-refractivity contribution in [2.75, 3.05) is 24.6 Å². The van der Waals surface area contributed by atoms with Crippen molar-refractivity contribution in [1.82, 2.24) is 0 Å². The molecule has 0 saturated heterocycles. The molecule has 0 radical (unpaired) electrons. The Morgan fingerprint density at radius 3 is 2.04 bits per heavy atom. The molecule has 0 heterocycles. The van der Waals surface area contributed by atoms with Gasteiger partial charge in [0.05, 0.1) is 22.9 Å². The summed E-state index contributed by atoms with van der Waals surface area (Å²) in [4.78, 5) is 12.4. The summed E-state index contributed by atoms with van der Waals surface area (Å²) in [5, 5.41) is 28.2. The fourth-order valence-electron chi connectivity index (χ4n) is 2.71. The molecule has 0 aromatic heterocycles. The average molecular weight is 370 g/mol. The fraction of sp³-hybridized carbons (Fsp3) is 0.400. The van der Waals surface area contributed by atoms with Crippen LogP contribution >= 0.6 is 0 Å². The maximum atomic E-state index is 10.7. The Morgan fingerprint density at radius 2 is 1.52 bits per heavy atom. The summed E-state index contributed by atoms with van der Waals surface area (Å²) in [6, 6.07) is 13.6. The van der Waals surface area contributed by atoms with Crippen LogP contribution in [0.1, 0.15) is 32.6 Å². The summed E-state index contributed by atoms with van der Waals surface area (Å²) in [7, 11) is 0. The van der Waals surface area contributed by atoms with Crippen LogP contribution in [0.3, 0.4) is 0 Å². The first-order chi connectivity index (χ1) is 13.1. The Balaban J connectivity index is 1.98. The first-order valence-corrected chi connectivity index (χ1v) is 9.26. The highest BCUT2D eigenvalue weighted by Crippen LogP contribution is 2.24. The van der Waals surface area contributed by atoms with Gasteiger partial charge in [-0.3, -0.25) is 10.1 Å². The van der Waals surface area contributed by atoms with E-state index in [2.05, 4.69) is 22.1 Å². The number of aliphatic hydroxyl groups is 1. The fourth-order valence-corrected chi connectivity index (χ4v) is 2.71. The summed E-state index contributed by atoms with van der Waals surface area (Å²) < 4.78 is 0. The highest BCUT2D eigenvalue weighted by Gasteiger charge is 2.06. The molecular weight excluding hydrogens is 344 g/mol. The predicted molar refractivity (Wildman–Crippen MR) is 107 cm³/mol. The van der Waals surface area contributed by atoms with Gasteiger partial charge in [0.1, 0.15) is 0 Å². The zero-order chi connectivity index (χ0) is 19.5. The monoisotopic (exact) mass is 370 g/mol. The number of anilines is 1. The van der Waals surface area contributed by atoms with Crippen LogP contribution in [0.15, 0.2) is 58.8 Å². The molecule has 7 nitrogen and oxygen atoms in total. The topological polar surface area (TPSA) is 91.3 Å². The molecule has 144 valence electrons. The smallest absolute Gasteiger partial charge is 0.269 e. The number of non-ortho nitro benzene ring substituents is 1. The minimum absolute atomic E-state index is 0.0289. The summed E-state index contributed by atoms with van der Waals surface area (Å²) in [6.07, 6.45) is 4.73. The van der Waals surface area contributed by atoms with Crippen molar-refractivity contribution >= 4 is 22.7 Å². The quantitative estimate of drug-likeness (QED) is 0.248. The third-order valence-electron chi connectivity index (χ3n) is 4.21. The number of azo groups is 1. The van der Waals surface area contributed by atoms with E-state index >= 15 is 0 Å². The molecule has 0 aliphatic rings. The zero-order valence-electron chi connectivity index (χ0n) is 15.6. The van der Waals surface area contributed by atoms with E-state index < -0.39 is 4.92 Å². The molecule has 0 amide bonds. The average Bonchev–Trinajstić information content (AvgIpc) is 2.69. The van der Waals surface area contributed by atoms with E-state index in [1.54, 1.807) is 12.1 Å². The van der Waals surface area contributed by atoms with Gasteiger partial charge in [0.25, 0.3) is 5.69 Å². The van der Waals surface area contributed by atoms with E-state index in [4.69, 9.17) is 0 Å². The highest BCUT2D eigenvalue weighted by atomic mass is 16.6. The van der Waals surface area contributed by atoms with Crippen LogP contribution in [0.25, 0.3) is 0 Å². The lowest BCUT2D eigenvalue weighted by Crippen LogP contribution is -2.27. The van der Waals surface area contributed by atoms with E-state index in [9.17, 15) is 15.2 Å². The lowest BCUT2D eigenvalue weighted by atomic mass is 10.2. The van der Waals surface area contributed by atoms with Crippen molar-refractivity contribution in [2.45, 2.75) is 32.6 Å². The Labute approximate surface area is 159 Å². The lowest BCUT2D eigenvalue weighted by Gasteiger charge is -2.24. The Kier molecular flexibility index (Phi) is 8.38. The molecule has 27 heavy (non-hydrogen) atoms. The van der Waals surface area contributed by atoms with Gasteiger partial charge in [-0.25, -0.2) is 0 Å². The standard InChI is InChI=1S/C20H26N4O3/c1-2-3-4-5-14-23(15-16-25)19-10-6-17(7-11-19)21-22-18-8-12-20(13-9-18)24(26)27/h6-13,25H,2-5,14-16H2,1H3. The first-order valence-electron chi connectivity index (χ1n) is 9.26.